The second kappa shape index (κ2) is 11.6. The molecule has 0 bridgehead atoms. The maximum absolute atomic E-state index is 5.68. The first-order valence-corrected chi connectivity index (χ1v) is 11.2. The van der Waals surface area contributed by atoms with Crippen molar-refractivity contribution in [2.24, 2.45) is 4.99 Å². The van der Waals surface area contributed by atoms with Crippen LogP contribution in [0.3, 0.4) is 0 Å². The molecule has 0 amide bonds. The zero-order valence-corrected chi connectivity index (χ0v) is 18.9. The van der Waals surface area contributed by atoms with Crippen LogP contribution in [-0.4, -0.2) is 46.0 Å². The molecule has 2 aromatic rings. The molecule has 1 aliphatic heterocycles. The van der Waals surface area contributed by atoms with E-state index in [-0.39, 0.29) is 5.41 Å². The standard InChI is InChI=1S/C25H35N3O3/c1-4-26-24(27-18-20-8-6-7-9-23(20)29-3)28-19-25(14-16-30-17-15-25)21-10-12-22(13-11-21)31-5-2/h6-13H,4-5,14-19H2,1-3H3,(H2,26,27,28). The smallest absolute Gasteiger partial charge is 0.191 e. The third-order valence-electron chi connectivity index (χ3n) is 5.77. The van der Waals surface area contributed by atoms with E-state index in [9.17, 15) is 0 Å². The molecule has 3 rings (SSSR count). The van der Waals surface area contributed by atoms with Crippen LogP contribution >= 0.6 is 0 Å². The quantitative estimate of drug-likeness (QED) is 0.471. The Labute approximate surface area is 186 Å². The van der Waals surface area contributed by atoms with Gasteiger partial charge < -0.3 is 24.8 Å². The molecule has 2 N–H and O–H groups in total. The first-order valence-electron chi connectivity index (χ1n) is 11.2. The Morgan fingerprint density at radius 3 is 2.45 bits per heavy atom. The fourth-order valence-corrected chi connectivity index (χ4v) is 3.99. The van der Waals surface area contributed by atoms with Gasteiger partial charge in [0.2, 0.25) is 0 Å². The van der Waals surface area contributed by atoms with Crippen LogP contribution in [0.5, 0.6) is 11.5 Å². The highest BCUT2D eigenvalue weighted by Crippen LogP contribution is 2.35. The third kappa shape index (κ3) is 6.14. The topological polar surface area (TPSA) is 64.1 Å². The molecule has 1 aliphatic rings. The zero-order chi connectivity index (χ0) is 21.9. The van der Waals surface area contributed by atoms with Crippen LogP contribution in [0.25, 0.3) is 0 Å². The Balaban J connectivity index is 1.75. The zero-order valence-electron chi connectivity index (χ0n) is 18.9. The molecule has 6 heteroatoms. The first kappa shape index (κ1) is 22.9. The average Bonchev–Trinajstić information content (AvgIpc) is 2.82. The Kier molecular flexibility index (Phi) is 8.59. The van der Waals surface area contributed by atoms with E-state index in [2.05, 4.69) is 41.8 Å². The fraction of sp³-hybridized carbons (Fsp3) is 0.480. The van der Waals surface area contributed by atoms with Crippen molar-refractivity contribution in [1.29, 1.82) is 0 Å². The minimum atomic E-state index is 0.00359. The van der Waals surface area contributed by atoms with Crippen LogP contribution in [-0.2, 0) is 16.7 Å². The lowest BCUT2D eigenvalue weighted by Crippen LogP contribution is -2.48. The van der Waals surface area contributed by atoms with E-state index < -0.39 is 0 Å². The minimum Gasteiger partial charge on any atom is -0.496 e. The lowest BCUT2D eigenvalue weighted by molar-refractivity contribution is 0.0513. The van der Waals surface area contributed by atoms with Gasteiger partial charge >= 0.3 is 0 Å². The van der Waals surface area contributed by atoms with Crippen LogP contribution in [0.2, 0.25) is 0 Å². The van der Waals surface area contributed by atoms with Crippen LogP contribution in [0.1, 0.15) is 37.8 Å². The molecular weight excluding hydrogens is 390 g/mol. The number of guanidine groups is 1. The molecule has 6 nitrogen and oxygen atoms in total. The van der Waals surface area contributed by atoms with Gasteiger partial charge in [0.1, 0.15) is 11.5 Å². The molecule has 0 spiro atoms. The van der Waals surface area contributed by atoms with Gasteiger partial charge in [-0.3, -0.25) is 0 Å². The number of para-hydroxylation sites is 1. The predicted molar refractivity (Wildman–Crippen MR) is 125 cm³/mol. The van der Waals surface area contributed by atoms with Crippen molar-refractivity contribution in [3.05, 3.63) is 59.7 Å². The SMILES string of the molecule is CCNC(=NCc1ccccc1OC)NCC1(c2ccc(OCC)cc2)CCOCC1. The van der Waals surface area contributed by atoms with Gasteiger partial charge in [-0.1, -0.05) is 30.3 Å². The molecular formula is C25H35N3O3. The van der Waals surface area contributed by atoms with Crippen LogP contribution in [0.4, 0.5) is 0 Å². The van der Waals surface area contributed by atoms with E-state index in [4.69, 9.17) is 19.2 Å². The van der Waals surface area contributed by atoms with E-state index in [1.165, 1.54) is 5.56 Å². The average molecular weight is 426 g/mol. The van der Waals surface area contributed by atoms with E-state index in [1.54, 1.807) is 7.11 Å². The number of hydrogen-bond donors (Lipinski definition) is 2. The fourth-order valence-electron chi connectivity index (χ4n) is 3.99. The largest absolute Gasteiger partial charge is 0.496 e. The highest BCUT2D eigenvalue weighted by Gasteiger charge is 2.34. The monoisotopic (exact) mass is 425 g/mol. The molecule has 2 aromatic carbocycles. The molecule has 31 heavy (non-hydrogen) atoms. The van der Waals surface area contributed by atoms with E-state index in [0.717, 1.165) is 62.2 Å². The first-order chi connectivity index (χ1) is 15.2. The molecule has 0 atom stereocenters. The second-order valence-corrected chi connectivity index (χ2v) is 7.71. The summed E-state index contributed by atoms with van der Waals surface area (Å²) in [5.74, 6) is 2.58. The van der Waals surface area contributed by atoms with Crippen molar-refractivity contribution >= 4 is 5.96 Å². The van der Waals surface area contributed by atoms with Gasteiger partial charge in [-0.25, -0.2) is 4.99 Å². The summed E-state index contributed by atoms with van der Waals surface area (Å²) in [6.45, 7) is 8.45. The predicted octanol–water partition coefficient (Wildman–Crippen LogP) is 3.90. The van der Waals surface area contributed by atoms with Crippen LogP contribution in [0.15, 0.2) is 53.5 Å². The van der Waals surface area contributed by atoms with E-state index in [0.29, 0.717) is 13.2 Å². The maximum Gasteiger partial charge on any atom is 0.191 e. The number of nitrogens with one attached hydrogen (secondary N) is 2. The Morgan fingerprint density at radius 2 is 1.77 bits per heavy atom. The molecule has 0 aliphatic carbocycles. The van der Waals surface area contributed by atoms with Crippen LogP contribution < -0.4 is 20.1 Å². The minimum absolute atomic E-state index is 0.00359. The highest BCUT2D eigenvalue weighted by molar-refractivity contribution is 5.80. The lowest BCUT2D eigenvalue weighted by Gasteiger charge is -2.38. The normalized spacial score (nSPS) is 15.9. The summed E-state index contributed by atoms with van der Waals surface area (Å²) in [6.07, 6.45) is 1.94. The van der Waals surface area contributed by atoms with E-state index >= 15 is 0 Å². The Morgan fingerprint density at radius 1 is 1.03 bits per heavy atom. The number of nitrogens with zero attached hydrogens (tertiary/aromatic N) is 1. The summed E-state index contributed by atoms with van der Waals surface area (Å²) < 4.78 is 16.8. The summed E-state index contributed by atoms with van der Waals surface area (Å²) in [7, 11) is 1.69. The summed E-state index contributed by atoms with van der Waals surface area (Å²) in [5.41, 5.74) is 2.38. The van der Waals surface area contributed by atoms with Crippen molar-refractivity contribution in [2.75, 3.05) is 40.0 Å². The van der Waals surface area contributed by atoms with Crippen molar-refractivity contribution in [3.8, 4) is 11.5 Å². The molecule has 0 radical (unpaired) electrons. The van der Waals surface area contributed by atoms with Gasteiger partial charge in [-0.2, -0.15) is 0 Å². The van der Waals surface area contributed by atoms with Crippen molar-refractivity contribution in [1.82, 2.24) is 10.6 Å². The molecule has 0 saturated carbocycles. The van der Waals surface area contributed by atoms with Gasteiger partial charge in [0, 0.05) is 37.3 Å². The van der Waals surface area contributed by atoms with Gasteiger partial charge in [-0.15, -0.1) is 0 Å². The van der Waals surface area contributed by atoms with E-state index in [1.807, 2.05) is 31.2 Å². The van der Waals surface area contributed by atoms with Crippen molar-refractivity contribution in [3.63, 3.8) is 0 Å². The van der Waals surface area contributed by atoms with Crippen LogP contribution in [0, 0.1) is 0 Å². The highest BCUT2D eigenvalue weighted by atomic mass is 16.5. The number of rotatable bonds is 9. The molecule has 1 fully saturated rings. The summed E-state index contributed by atoms with van der Waals surface area (Å²) in [5, 5.41) is 6.96. The molecule has 0 unspecified atom stereocenters. The van der Waals surface area contributed by atoms with Gasteiger partial charge in [0.25, 0.3) is 0 Å². The molecule has 168 valence electrons. The number of hydrogen-bond acceptors (Lipinski definition) is 4. The number of methoxy groups -OCH3 is 1. The van der Waals surface area contributed by atoms with Crippen molar-refractivity contribution in [2.45, 2.75) is 38.6 Å². The molecule has 0 aromatic heterocycles. The van der Waals surface area contributed by atoms with Gasteiger partial charge in [0.15, 0.2) is 5.96 Å². The number of aliphatic imine (C=N–C) groups is 1. The maximum atomic E-state index is 5.68. The van der Waals surface area contributed by atoms with Crippen molar-refractivity contribution < 1.29 is 14.2 Å². The number of benzene rings is 2. The molecule has 1 saturated heterocycles. The summed E-state index contributed by atoms with van der Waals surface area (Å²) in [4.78, 5) is 4.80. The summed E-state index contributed by atoms with van der Waals surface area (Å²) in [6, 6.07) is 16.5. The number of ether oxygens (including phenoxy) is 3. The summed E-state index contributed by atoms with van der Waals surface area (Å²) >= 11 is 0. The second-order valence-electron chi connectivity index (χ2n) is 7.71. The Bertz CT molecular complexity index is 830. The Hall–Kier alpha value is -2.73. The third-order valence-corrected chi connectivity index (χ3v) is 5.77. The lowest BCUT2D eigenvalue weighted by atomic mass is 9.74. The van der Waals surface area contributed by atoms with Gasteiger partial charge in [0.05, 0.1) is 20.3 Å². The van der Waals surface area contributed by atoms with Gasteiger partial charge in [-0.05, 0) is 50.5 Å². The molecule has 1 heterocycles.